The number of rotatable bonds is 6. The number of benzene rings is 15. The summed E-state index contributed by atoms with van der Waals surface area (Å²) >= 11 is 0. The second kappa shape index (κ2) is 17.5. The fourth-order valence-electron chi connectivity index (χ4n) is 13.4. The monoisotopic (exact) mass is 1010 g/mol. The lowest BCUT2D eigenvalue weighted by molar-refractivity contribution is 0.668. The lowest BCUT2D eigenvalue weighted by Gasteiger charge is -2.18. The van der Waals surface area contributed by atoms with E-state index >= 15 is 0 Å². The summed E-state index contributed by atoms with van der Waals surface area (Å²) in [5, 5.41) is 19.3. The van der Waals surface area contributed by atoms with E-state index in [1.807, 2.05) is 18.2 Å². The highest BCUT2D eigenvalue weighted by Gasteiger charge is 2.22. The molecule has 80 heavy (non-hydrogen) atoms. The number of hydrogen-bond donors (Lipinski definition) is 0. The molecule has 17 rings (SSSR count). The molecule has 0 spiro atoms. The number of furan rings is 2. The minimum Gasteiger partial charge on any atom is -0.456 e. The van der Waals surface area contributed by atoms with Crippen LogP contribution >= 0.6 is 0 Å². The third-order valence-corrected chi connectivity index (χ3v) is 17.0. The molecule has 0 fully saturated rings. The molecule has 0 saturated heterocycles. The van der Waals surface area contributed by atoms with Gasteiger partial charge in [-0.1, -0.05) is 224 Å². The zero-order valence-corrected chi connectivity index (χ0v) is 43.4. The quantitative estimate of drug-likeness (QED) is 0.155. The second-order valence-corrected chi connectivity index (χ2v) is 21.4. The molecular weight excluding hydrogens is 969 g/mol. The molecule has 0 saturated carbocycles. The van der Waals surface area contributed by atoms with Crippen LogP contribution in [-0.2, 0) is 0 Å². The van der Waals surface area contributed by atoms with Gasteiger partial charge in [-0.2, -0.15) is 0 Å². The maximum absolute atomic E-state index is 6.43. The summed E-state index contributed by atoms with van der Waals surface area (Å²) in [7, 11) is 0. The van der Waals surface area contributed by atoms with E-state index in [2.05, 4.69) is 261 Å². The van der Waals surface area contributed by atoms with Crippen molar-refractivity contribution >= 4 is 109 Å². The van der Waals surface area contributed by atoms with Gasteiger partial charge in [0, 0.05) is 21.5 Å². The molecule has 0 aliphatic heterocycles. The van der Waals surface area contributed by atoms with Crippen LogP contribution in [0.2, 0.25) is 0 Å². The highest BCUT2D eigenvalue weighted by Crippen LogP contribution is 2.49. The van der Waals surface area contributed by atoms with Gasteiger partial charge in [0.25, 0.3) is 0 Å². The summed E-state index contributed by atoms with van der Waals surface area (Å²) in [6.45, 7) is 0. The minimum atomic E-state index is 0.902. The van der Waals surface area contributed by atoms with E-state index in [9.17, 15) is 0 Å². The van der Waals surface area contributed by atoms with Crippen molar-refractivity contribution in [3.05, 3.63) is 279 Å². The van der Waals surface area contributed by atoms with Crippen molar-refractivity contribution in [2.75, 3.05) is 0 Å². The molecule has 0 aliphatic carbocycles. The van der Waals surface area contributed by atoms with Gasteiger partial charge in [-0.3, -0.25) is 0 Å². The molecule has 0 bridgehead atoms. The SMILES string of the molecule is c1ccc2c(c1)oc1ccc(-c3ccc(-c4c5ccccc5c(-c5ccc6ccc(-c7ccc8ccc(-c9c%10ccccc%10c(-c%10cccc%11oc%12ccccc%12c%10%11)c%10ccccc9%10)cc8c7)cc6c5)c5ccccc45)cc3)cc12. The average molecular weight is 1020 g/mol. The van der Waals surface area contributed by atoms with E-state index in [0.717, 1.165) is 43.9 Å². The summed E-state index contributed by atoms with van der Waals surface area (Å²) in [6, 6.07) is 102. The van der Waals surface area contributed by atoms with Gasteiger partial charge in [-0.15, -0.1) is 0 Å². The highest BCUT2D eigenvalue weighted by atomic mass is 16.3. The van der Waals surface area contributed by atoms with Gasteiger partial charge in [0.2, 0.25) is 0 Å². The smallest absolute Gasteiger partial charge is 0.136 e. The van der Waals surface area contributed by atoms with Crippen LogP contribution in [0.3, 0.4) is 0 Å². The van der Waals surface area contributed by atoms with Crippen LogP contribution in [0.15, 0.2) is 288 Å². The molecular formula is C78H46O2. The first-order chi connectivity index (χ1) is 39.6. The molecule has 370 valence electrons. The van der Waals surface area contributed by atoms with Gasteiger partial charge in [0.1, 0.15) is 22.3 Å². The zero-order chi connectivity index (χ0) is 52.4. The molecule has 0 aliphatic rings. The van der Waals surface area contributed by atoms with Gasteiger partial charge < -0.3 is 8.83 Å². The van der Waals surface area contributed by atoms with Crippen LogP contribution in [0.4, 0.5) is 0 Å². The van der Waals surface area contributed by atoms with Crippen molar-refractivity contribution < 1.29 is 8.83 Å². The first kappa shape index (κ1) is 44.6. The van der Waals surface area contributed by atoms with Gasteiger partial charge in [-0.05, 0) is 186 Å². The fraction of sp³-hybridized carbons (Fsp3) is 0. The minimum absolute atomic E-state index is 0.902. The molecule has 0 unspecified atom stereocenters. The number of hydrogen-bond acceptors (Lipinski definition) is 2. The van der Waals surface area contributed by atoms with E-state index < -0.39 is 0 Å². The summed E-state index contributed by atoms with van der Waals surface area (Å²) in [4.78, 5) is 0. The van der Waals surface area contributed by atoms with Crippen molar-refractivity contribution in [3.8, 4) is 66.8 Å². The van der Waals surface area contributed by atoms with E-state index in [1.54, 1.807) is 0 Å². The van der Waals surface area contributed by atoms with E-state index in [0.29, 0.717) is 0 Å². The van der Waals surface area contributed by atoms with E-state index in [4.69, 9.17) is 8.83 Å². The predicted octanol–water partition coefficient (Wildman–Crippen LogP) is 22.4. The van der Waals surface area contributed by atoms with Crippen molar-refractivity contribution in [3.63, 3.8) is 0 Å². The van der Waals surface area contributed by atoms with Crippen LogP contribution in [0.25, 0.3) is 175 Å². The normalized spacial score (nSPS) is 12.0. The molecule has 0 radical (unpaired) electrons. The first-order valence-electron chi connectivity index (χ1n) is 27.5. The Labute approximate surface area is 460 Å². The van der Waals surface area contributed by atoms with Crippen LogP contribution in [0, 0.1) is 0 Å². The molecule has 17 aromatic rings. The molecule has 0 atom stereocenters. The summed E-state index contributed by atoms with van der Waals surface area (Å²) in [6.07, 6.45) is 0. The third-order valence-electron chi connectivity index (χ3n) is 17.0. The Morgan fingerprint density at radius 3 is 1.04 bits per heavy atom. The van der Waals surface area contributed by atoms with Crippen molar-refractivity contribution in [1.82, 2.24) is 0 Å². The Kier molecular flexibility index (Phi) is 9.75. The summed E-state index contributed by atoms with van der Waals surface area (Å²) in [5.41, 5.74) is 18.1. The molecule has 0 N–H and O–H groups in total. The molecule has 2 heteroatoms. The zero-order valence-electron chi connectivity index (χ0n) is 43.4. The van der Waals surface area contributed by atoms with E-state index in [1.165, 1.54) is 131 Å². The Balaban J connectivity index is 0.756. The maximum atomic E-state index is 6.43. The second-order valence-electron chi connectivity index (χ2n) is 21.4. The summed E-state index contributed by atoms with van der Waals surface area (Å²) < 4.78 is 12.6. The lowest BCUT2D eigenvalue weighted by atomic mass is 9.84. The highest BCUT2D eigenvalue weighted by molar-refractivity contribution is 6.26. The van der Waals surface area contributed by atoms with Crippen LogP contribution in [0.1, 0.15) is 0 Å². The van der Waals surface area contributed by atoms with Gasteiger partial charge >= 0.3 is 0 Å². The predicted molar refractivity (Wildman–Crippen MR) is 339 cm³/mol. The van der Waals surface area contributed by atoms with Crippen LogP contribution in [0.5, 0.6) is 0 Å². The maximum Gasteiger partial charge on any atom is 0.136 e. The first-order valence-corrected chi connectivity index (χ1v) is 27.5. The van der Waals surface area contributed by atoms with Crippen molar-refractivity contribution in [2.45, 2.75) is 0 Å². The van der Waals surface area contributed by atoms with Gasteiger partial charge in [0.05, 0.1) is 0 Å². The largest absolute Gasteiger partial charge is 0.456 e. The molecule has 15 aromatic carbocycles. The van der Waals surface area contributed by atoms with Crippen molar-refractivity contribution in [2.24, 2.45) is 0 Å². The number of fused-ring (bicyclic) bond motifs is 12. The van der Waals surface area contributed by atoms with Gasteiger partial charge in [-0.25, -0.2) is 0 Å². The summed E-state index contributed by atoms with van der Waals surface area (Å²) in [5.74, 6) is 0. The fourth-order valence-corrected chi connectivity index (χ4v) is 13.4. The van der Waals surface area contributed by atoms with Gasteiger partial charge in [0.15, 0.2) is 0 Å². The molecule has 2 heterocycles. The Morgan fingerprint density at radius 2 is 0.512 bits per heavy atom. The van der Waals surface area contributed by atoms with E-state index in [-0.39, 0.29) is 0 Å². The third kappa shape index (κ3) is 6.86. The molecule has 2 nitrogen and oxygen atoms in total. The van der Waals surface area contributed by atoms with Crippen LogP contribution < -0.4 is 0 Å². The average Bonchev–Trinajstić information content (AvgIpc) is 4.24. The molecule has 0 amide bonds. The lowest BCUT2D eigenvalue weighted by Crippen LogP contribution is -1.91. The topological polar surface area (TPSA) is 26.3 Å². The van der Waals surface area contributed by atoms with Crippen molar-refractivity contribution in [1.29, 1.82) is 0 Å². The number of para-hydroxylation sites is 2. The standard InChI is InChI=1S/C78H46O2/c1-3-17-61-59(15-1)74(50-34-28-47(29-35-50)53-40-41-72-69(46-53)58-14-9-11-25-70(58)79-72)60-16-2-4-18-62(60)75(61)54-38-32-48-30-36-51(42-56(48)44-54)52-37-31-49-33-39-55(45-57(49)43-52)76-63-19-5-7-21-65(63)77(66-22-8-6-20-64(66)76)68-24-13-27-73-78(68)67-23-10-12-26-71(67)80-73/h1-46H. The Bertz CT molecular complexity index is 5310. The Morgan fingerprint density at radius 1 is 0.175 bits per heavy atom. The van der Waals surface area contributed by atoms with Crippen LogP contribution in [-0.4, -0.2) is 0 Å². The Hall–Kier alpha value is -10.5. The molecule has 2 aromatic heterocycles.